The number of amides is 1. The van der Waals surface area contributed by atoms with Gasteiger partial charge in [-0.05, 0) is 48.5 Å². The SMILES string of the molecule is O=C(O)c1ccc(OCC2CN(c3ccc(Br)cc3)C(=O)O2)cc1. The molecule has 0 bridgehead atoms. The molecule has 24 heavy (non-hydrogen) atoms. The van der Waals surface area contributed by atoms with Crippen LogP contribution in [0.2, 0.25) is 0 Å². The van der Waals surface area contributed by atoms with Crippen LogP contribution in [-0.4, -0.2) is 36.4 Å². The Morgan fingerprint density at radius 2 is 1.88 bits per heavy atom. The molecule has 1 heterocycles. The van der Waals surface area contributed by atoms with Crippen molar-refractivity contribution in [2.24, 2.45) is 0 Å². The Balaban J connectivity index is 1.58. The first-order valence-corrected chi connectivity index (χ1v) is 8.02. The zero-order valence-corrected chi connectivity index (χ0v) is 14.1. The highest BCUT2D eigenvalue weighted by atomic mass is 79.9. The molecule has 1 N–H and O–H groups in total. The molecular formula is C17H14BrNO5. The van der Waals surface area contributed by atoms with Crippen LogP contribution in [0.5, 0.6) is 5.75 Å². The second-order valence-electron chi connectivity index (χ2n) is 5.23. The average Bonchev–Trinajstić information content (AvgIpc) is 2.95. The van der Waals surface area contributed by atoms with Gasteiger partial charge in [-0.15, -0.1) is 0 Å². The van der Waals surface area contributed by atoms with Gasteiger partial charge in [-0.25, -0.2) is 9.59 Å². The normalized spacial score (nSPS) is 16.8. The zero-order valence-electron chi connectivity index (χ0n) is 12.5. The molecule has 1 fully saturated rings. The highest BCUT2D eigenvalue weighted by molar-refractivity contribution is 9.10. The summed E-state index contributed by atoms with van der Waals surface area (Å²) in [6.45, 7) is 0.596. The van der Waals surface area contributed by atoms with Gasteiger partial charge in [0, 0.05) is 10.2 Å². The number of halogens is 1. The van der Waals surface area contributed by atoms with Gasteiger partial charge in [-0.2, -0.15) is 0 Å². The number of benzene rings is 2. The molecule has 1 aliphatic heterocycles. The van der Waals surface area contributed by atoms with Crippen molar-refractivity contribution in [2.45, 2.75) is 6.10 Å². The van der Waals surface area contributed by atoms with Crippen molar-refractivity contribution < 1.29 is 24.2 Å². The Bertz CT molecular complexity index is 745. The van der Waals surface area contributed by atoms with Gasteiger partial charge in [0.25, 0.3) is 0 Å². The lowest BCUT2D eigenvalue weighted by Crippen LogP contribution is -2.26. The van der Waals surface area contributed by atoms with Crippen molar-refractivity contribution in [3.05, 3.63) is 58.6 Å². The minimum Gasteiger partial charge on any atom is -0.490 e. The Labute approximate surface area is 146 Å². The maximum absolute atomic E-state index is 12.0. The van der Waals surface area contributed by atoms with E-state index in [1.54, 1.807) is 17.0 Å². The predicted octanol–water partition coefficient (Wildman–Crippen LogP) is 3.55. The van der Waals surface area contributed by atoms with Crippen LogP contribution in [0.1, 0.15) is 10.4 Å². The molecule has 1 atom stereocenters. The highest BCUT2D eigenvalue weighted by Gasteiger charge is 2.32. The number of ether oxygens (including phenoxy) is 2. The van der Waals surface area contributed by atoms with Crippen LogP contribution in [0.15, 0.2) is 53.0 Å². The molecule has 0 spiro atoms. The number of anilines is 1. The molecule has 1 aliphatic rings. The third kappa shape index (κ3) is 3.68. The minimum absolute atomic E-state index is 0.191. The number of carboxylic acid groups (broad SMARTS) is 1. The molecule has 1 unspecified atom stereocenters. The number of nitrogens with zero attached hydrogens (tertiary/aromatic N) is 1. The molecule has 1 saturated heterocycles. The fourth-order valence-electron chi connectivity index (χ4n) is 2.32. The van der Waals surface area contributed by atoms with E-state index in [9.17, 15) is 9.59 Å². The molecule has 0 radical (unpaired) electrons. The van der Waals surface area contributed by atoms with E-state index in [0.717, 1.165) is 10.2 Å². The Hall–Kier alpha value is -2.54. The summed E-state index contributed by atoms with van der Waals surface area (Å²) in [6, 6.07) is 13.5. The van der Waals surface area contributed by atoms with E-state index in [0.29, 0.717) is 12.3 Å². The summed E-state index contributed by atoms with van der Waals surface area (Å²) in [5.74, 6) is -0.463. The Morgan fingerprint density at radius 3 is 2.50 bits per heavy atom. The van der Waals surface area contributed by atoms with Gasteiger partial charge in [0.1, 0.15) is 12.4 Å². The van der Waals surface area contributed by atoms with E-state index in [4.69, 9.17) is 14.6 Å². The van der Waals surface area contributed by atoms with Gasteiger partial charge in [-0.3, -0.25) is 4.90 Å². The first kappa shape index (κ1) is 16.3. The van der Waals surface area contributed by atoms with Crippen molar-refractivity contribution in [3.8, 4) is 5.75 Å². The molecule has 0 aromatic heterocycles. The molecule has 2 aromatic rings. The summed E-state index contributed by atoms with van der Waals surface area (Å²) in [6.07, 6.45) is -0.799. The summed E-state index contributed by atoms with van der Waals surface area (Å²) < 4.78 is 11.8. The molecule has 3 rings (SSSR count). The lowest BCUT2D eigenvalue weighted by molar-refractivity contribution is 0.0696. The first-order valence-electron chi connectivity index (χ1n) is 7.23. The summed E-state index contributed by atoms with van der Waals surface area (Å²) in [5.41, 5.74) is 0.951. The Kier molecular flexibility index (Phi) is 4.71. The summed E-state index contributed by atoms with van der Waals surface area (Å²) in [5, 5.41) is 8.86. The number of hydrogen-bond donors (Lipinski definition) is 1. The van der Waals surface area contributed by atoms with Crippen molar-refractivity contribution in [1.82, 2.24) is 0 Å². The van der Waals surface area contributed by atoms with Gasteiger partial charge in [0.15, 0.2) is 6.10 Å². The fraction of sp³-hybridized carbons (Fsp3) is 0.176. The van der Waals surface area contributed by atoms with Crippen LogP contribution in [0.25, 0.3) is 0 Å². The second-order valence-corrected chi connectivity index (χ2v) is 6.15. The first-order chi connectivity index (χ1) is 11.5. The second kappa shape index (κ2) is 6.92. The molecule has 7 heteroatoms. The monoisotopic (exact) mass is 391 g/mol. The van der Waals surface area contributed by atoms with E-state index >= 15 is 0 Å². The van der Waals surface area contributed by atoms with Crippen LogP contribution in [-0.2, 0) is 4.74 Å². The maximum Gasteiger partial charge on any atom is 0.414 e. The quantitative estimate of drug-likeness (QED) is 0.842. The standard InChI is InChI=1S/C17H14BrNO5/c18-12-3-5-13(6-4-12)19-9-15(24-17(19)22)10-23-14-7-1-11(2-8-14)16(20)21/h1-8,15H,9-10H2,(H,20,21). The van der Waals surface area contributed by atoms with Gasteiger partial charge in [-0.1, -0.05) is 15.9 Å². The van der Waals surface area contributed by atoms with E-state index in [2.05, 4.69) is 15.9 Å². The van der Waals surface area contributed by atoms with Crippen molar-refractivity contribution >= 4 is 33.7 Å². The van der Waals surface area contributed by atoms with Gasteiger partial charge < -0.3 is 14.6 Å². The number of aromatic carboxylic acids is 1. The topological polar surface area (TPSA) is 76.1 Å². The third-order valence-corrected chi connectivity index (χ3v) is 4.08. The smallest absolute Gasteiger partial charge is 0.414 e. The molecule has 0 aliphatic carbocycles. The van der Waals surface area contributed by atoms with Gasteiger partial charge >= 0.3 is 12.1 Å². The van der Waals surface area contributed by atoms with Gasteiger partial charge in [0.2, 0.25) is 0 Å². The van der Waals surface area contributed by atoms with Crippen LogP contribution in [0.3, 0.4) is 0 Å². The van der Waals surface area contributed by atoms with Crippen molar-refractivity contribution in [3.63, 3.8) is 0 Å². The zero-order chi connectivity index (χ0) is 17.1. The fourth-order valence-corrected chi connectivity index (χ4v) is 2.59. The molecule has 0 saturated carbocycles. The number of carbonyl (C=O) groups excluding carboxylic acids is 1. The molecule has 2 aromatic carbocycles. The number of hydrogen-bond acceptors (Lipinski definition) is 4. The van der Waals surface area contributed by atoms with E-state index in [-0.39, 0.29) is 18.3 Å². The maximum atomic E-state index is 12.0. The summed E-state index contributed by atoms with van der Waals surface area (Å²) in [4.78, 5) is 24.3. The number of carbonyl (C=O) groups is 2. The summed E-state index contributed by atoms with van der Waals surface area (Å²) in [7, 11) is 0. The molecular weight excluding hydrogens is 378 g/mol. The van der Waals surface area contributed by atoms with Crippen LogP contribution in [0.4, 0.5) is 10.5 Å². The van der Waals surface area contributed by atoms with E-state index in [1.807, 2.05) is 24.3 Å². The largest absolute Gasteiger partial charge is 0.490 e. The Morgan fingerprint density at radius 1 is 1.21 bits per heavy atom. The number of carboxylic acids is 1. The molecule has 6 nitrogen and oxygen atoms in total. The number of rotatable bonds is 5. The van der Waals surface area contributed by atoms with Crippen LogP contribution >= 0.6 is 15.9 Å². The lowest BCUT2D eigenvalue weighted by atomic mass is 10.2. The highest BCUT2D eigenvalue weighted by Crippen LogP contribution is 2.24. The van der Waals surface area contributed by atoms with Crippen molar-refractivity contribution in [2.75, 3.05) is 18.1 Å². The van der Waals surface area contributed by atoms with E-state index in [1.165, 1.54) is 12.1 Å². The van der Waals surface area contributed by atoms with Crippen LogP contribution < -0.4 is 9.64 Å². The van der Waals surface area contributed by atoms with Crippen molar-refractivity contribution in [1.29, 1.82) is 0 Å². The van der Waals surface area contributed by atoms with E-state index < -0.39 is 12.1 Å². The van der Waals surface area contributed by atoms with Gasteiger partial charge in [0.05, 0.1) is 12.1 Å². The summed E-state index contributed by atoms with van der Waals surface area (Å²) >= 11 is 3.35. The minimum atomic E-state index is -0.989. The molecule has 124 valence electrons. The third-order valence-electron chi connectivity index (χ3n) is 3.55. The van der Waals surface area contributed by atoms with Crippen LogP contribution in [0, 0.1) is 0 Å². The average molecular weight is 392 g/mol. The molecule has 1 amide bonds. The number of cyclic esters (lactones) is 1. The predicted molar refractivity (Wildman–Crippen MR) is 90.7 cm³/mol. The lowest BCUT2D eigenvalue weighted by Gasteiger charge is -2.13.